The van der Waals surface area contributed by atoms with Gasteiger partial charge in [-0.3, -0.25) is 0 Å². The summed E-state index contributed by atoms with van der Waals surface area (Å²) < 4.78 is 19.9. The van der Waals surface area contributed by atoms with Crippen molar-refractivity contribution in [3.05, 3.63) is 57.9 Å². The first-order valence-electron chi connectivity index (χ1n) is 5.69. The summed E-state index contributed by atoms with van der Waals surface area (Å²) in [5.41, 5.74) is 0. The Morgan fingerprint density at radius 1 is 1.05 bits per heavy atom. The molecule has 0 atom stereocenters. The number of hydrogen-bond acceptors (Lipinski definition) is 3. The van der Waals surface area contributed by atoms with E-state index in [-0.39, 0.29) is 16.8 Å². The maximum atomic E-state index is 13.8. The van der Waals surface area contributed by atoms with E-state index in [0.717, 1.165) is 0 Å². The van der Waals surface area contributed by atoms with E-state index in [0.29, 0.717) is 15.2 Å². The Balaban J connectivity index is 2.09. The number of aromatic nitrogens is 2. The van der Waals surface area contributed by atoms with Gasteiger partial charge >= 0.3 is 0 Å². The summed E-state index contributed by atoms with van der Waals surface area (Å²) >= 11 is 9.16. The molecule has 0 fully saturated rings. The second-order valence-electron chi connectivity index (χ2n) is 4.02. The molecule has 0 saturated carbocycles. The van der Waals surface area contributed by atoms with E-state index in [2.05, 4.69) is 26.1 Å². The molecule has 0 spiro atoms. The highest BCUT2D eigenvalue weighted by Crippen LogP contribution is 2.32. The molecule has 0 radical (unpaired) electrons. The van der Waals surface area contributed by atoms with Crippen LogP contribution in [0.25, 0.3) is 10.8 Å². The van der Waals surface area contributed by atoms with Gasteiger partial charge < -0.3 is 4.74 Å². The standard InChI is InChI=1S/C14H7BrClFN2O/c15-8-5-6-12(11(17)7-8)20-14-10-4-2-1-3-9(10)13(16)18-19-14/h1-7H. The minimum Gasteiger partial charge on any atom is -0.434 e. The number of nitrogens with zero attached hydrogens (tertiary/aromatic N) is 2. The molecule has 0 saturated heterocycles. The third-order valence-electron chi connectivity index (χ3n) is 2.71. The van der Waals surface area contributed by atoms with E-state index in [1.165, 1.54) is 12.1 Å². The van der Waals surface area contributed by atoms with Crippen molar-refractivity contribution >= 4 is 38.3 Å². The molecule has 3 rings (SSSR count). The third-order valence-corrected chi connectivity index (χ3v) is 3.48. The second kappa shape index (κ2) is 5.34. The lowest BCUT2D eigenvalue weighted by Gasteiger charge is -2.08. The van der Waals surface area contributed by atoms with Crippen LogP contribution in [0.2, 0.25) is 5.15 Å². The molecule has 100 valence electrons. The predicted octanol–water partition coefficient (Wildman–Crippen LogP) is 4.98. The zero-order valence-electron chi connectivity index (χ0n) is 9.98. The zero-order valence-corrected chi connectivity index (χ0v) is 12.3. The van der Waals surface area contributed by atoms with Gasteiger partial charge in [-0.15, -0.1) is 10.2 Å². The molecule has 0 aliphatic rings. The van der Waals surface area contributed by atoms with Gasteiger partial charge in [-0.05, 0) is 24.3 Å². The summed E-state index contributed by atoms with van der Waals surface area (Å²) in [5, 5.41) is 9.35. The van der Waals surface area contributed by atoms with Crippen molar-refractivity contribution in [2.24, 2.45) is 0 Å². The lowest BCUT2D eigenvalue weighted by atomic mass is 10.2. The van der Waals surface area contributed by atoms with Crippen LogP contribution < -0.4 is 4.74 Å². The Bertz CT molecular complexity index is 797. The Kier molecular flexibility index (Phi) is 3.54. The van der Waals surface area contributed by atoms with Crippen molar-refractivity contribution in [3.63, 3.8) is 0 Å². The fourth-order valence-electron chi connectivity index (χ4n) is 1.78. The highest BCUT2D eigenvalue weighted by Gasteiger charge is 2.12. The van der Waals surface area contributed by atoms with Crippen molar-refractivity contribution in [1.29, 1.82) is 0 Å². The van der Waals surface area contributed by atoms with Crippen LogP contribution in [0.15, 0.2) is 46.9 Å². The third kappa shape index (κ3) is 2.46. The molecule has 3 nitrogen and oxygen atoms in total. The fourth-order valence-corrected chi connectivity index (χ4v) is 2.32. The number of benzene rings is 2. The van der Waals surface area contributed by atoms with E-state index in [9.17, 15) is 4.39 Å². The molecule has 1 aromatic heterocycles. The number of ether oxygens (including phenoxy) is 1. The monoisotopic (exact) mass is 352 g/mol. The normalized spacial score (nSPS) is 10.8. The lowest BCUT2D eigenvalue weighted by Crippen LogP contribution is -1.95. The van der Waals surface area contributed by atoms with Crippen LogP contribution in [0.5, 0.6) is 11.6 Å². The van der Waals surface area contributed by atoms with E-state index in [1.54, 1.807) is 18.2 Å². The molecule has 0 unspecified atom stereocenters. The quantitative estimate of drug-likeness (QED) is 0.652. The van der Waals surface area contributed by atoms with Gasteiger partial charge in [0.2, 0.25) is 5.88 Å². The van der Waals surface area contributed by atoms with Gasteiger partial charge in [-0.25, -0.2) is 4.39 Å². The molecule has 6 heteroatoms. The highest BCUT2D eigenvalue weighted by atomic mass is 79.9. The average Bonchev–Trinajstić information content (AvgIpc) is 2.45. The summed E-state index contributed by atoms with van der Waals surface area (Å²) in [6.45, 7) is 0. The molecule has 0 aliphatic heterocycles. The molecule has 3 aromatic rings. The van der Waals surface area contributed by atoms with Crippen LogP contribution in [0, 0.1) is 5.82 Å². The van der Waals surface area contributed by atoms with E-state index >= 15 is 0 Å². The van der Waals surface area contributed by atoms with Crippen molar-refractivity contribution in [1.82, 2.24) is 10.2 Å². The lowest BCUT2D eigenvalue weighted by molar-refractivity contribution is 0.427. The van der Waals surface area contributed by atoms with Gasteiger partial charge in [-0.1, -0.05) is 45.7 Å². The first-order valence-corrected chi connectivity index (χ1v) is 6.86. The Hall–Kier alpha value is -1.72. The van der Waals surface area contributed by atoms with E-state index in [4.69, 9.17) is 16.3 Å². The van der Waals surface area contributed by atoms with Crippen LogP contribution in [0.1, 0.15) is 0 Å². The molecule has 0 aliphatic carbocycles. The van der Waals surface area contributed by atoms with Crippen LogP contribution in [-0.2, 0) is 0 Å². The van der Waals surface area contributed by atoms with E-state index < -0.39 is 5.82 Å². The number of fused-ring (bicyclic) bond motifs is 1. The zero-order chi connectivity index (χ0) is 14.1. The smallest absolute Gasteiger partial charge is 0.247 e. The molecule has 20 heavy (non-hydrogen) atoms. The van der Waals surface area contributed by atoms with Crippen molar-refractivity contribution in [2.75, 3.05) is 0 Å². The van der Waals surface area contributed by atoms with Crippen LogP contribution in [0.3, 0.4) is 0 Å². The molecule has 0 N–H and O–H groups in total. The minimum atomic E-state index is -0.486. The van der Waals surface area contributed by atoms with Gasteiger partial charge in [0, 0.05) is 15.2 Å². The first-order chi connectivity index (χ1) is 9.65. The second-order valence-corrected chi connectivity index (χ2v) is 5.29. The van der Waals surface area contributed by atoms with Crippen LogP contribution in [-0.4, -0.2) is 10.2 Å². The molecule has 0 amide bonds. The van der Waals surface area contributed by atoms with Crippen molar-refractivity contribution in [2.45, 2.75) is 0 Å². The molecular weight excluding hydrogens is 347 g/mol. The summed E-state index contributed by atoms with van der Waals surface area (Å²) in [5.74, 6) is -0.193. The summed E-state index contributed by atoms with van der Waals surface area (Å²) in [7, 11) is 0. The Morgan fingerprint density at radius 3 is 2.55 bits per heavy atom. The maximum Gasteiger partial charge on any atom is 0.247 e. The molecular formula is C14H7BrClFN2O. The number of rotatable bonds is 2. The van der Waals surface area contributed by atoms with Gasteiger partial charge in [-0.2, -0.15) is 0 Å². The minimum absolute atomic E-state index is 0.0787. The van der Waals surface area contributed by atoms with Crippen molar-refractivity contribution < 1.29 is 9.13 Å². The van der Waals surface area contributed by atoms with Gasteiger partial charge in [0.05, 0.1) is 0 Å². The van der Waals surface area contributed by atoms with Gasteiger partial charge in [0.15, 0.2) is 16.7 Å². The maximum absolute atomic E-state index is 13.8. The van der Waals surface area contributed by atoms with Crippen LogP contribution in [0.4, 0.5) is 4.39 Å². The van der Waals surface area contributed by atoms with Gasteiger partial charge in [0.1, 0.15) is 0 Å². The Morgan fingerprint density at radius 2 is 1.80 bits per heavy atom. The number of hydrogen-bond donors (Lipinski definition) is 0. The van der Waals surface area contributed by atoms with Gasteiger partial charge in [0.25, 0.3) is 0 Å². The molecule has 0 bridgehead atoms. The highest BCUT2D eigenvalue weighted by molar-refractivity contribution is 9.10. The average molecular weight is 354 g/mol. The SMILES string of the molecule is Fc1cc(Br)ccc1Oc1nnc(Cl)c2ccccc12. The summed E-state index contributed by atoms with van der Waals surface area (Å²) in [6, 6.07) is 11.8. The topological polar surface area (TPSA) is 35.0 Å². The number of halogens is 3. The summed E-state index contributed by atoms with van der Waals surface area (Å²) in [4.78, 5) is 0. The summed E-state index contributed by atoms with van der Waals surface area (Å²) in [6.07, 6.45) is 0. The van der Waals surface area contributed by atoms with Crippen molar-refractivity contribution in [3.8, 4) is 11.6 Å². The molecule has 2 aromatic carbocycles. The first kappa shape index (κ1) is 13.3. The predicted molar refractivity (Wildman–Crippen MR) is 78.7 cm³/mol. The van der Waals surface area contributed by atoms with Crippen LogP contribution >= 0.6 is 27.5 Å². The largest absolute Gasteiger partial charge is 0.434 e. The Labute approximate surface area is 127 Å². The van der Waals surface area contributed by atoms with E-state index in [1.807, 2.05) is 12.1 Å². The fraction of sp³-hybridized carbons (Fsp3) is 0. The molecule has 1 heterocycles.